The fourth-order valence-corrected chi connectivity index (χ4v) is 2.28. The molecule has 0 aliphatic carbocycles. The Bertz CT molecular complexity index is 586. The first kappa shape index (κ1) is 14.0. The molecule has 0 radical (unpaired) electrons. The van der Waals surface area contributed by atoms with Crippen LogP contribution in [-0.2, 0) is 0 Å². The molecule has 0 aromatic heterocycles. The summed E-state index contributed by atoms with van der Waals surface area (Å²) in [5.41, 5.74) is 2.38. The first-order chi connectivity index (χ1) is 8.90. The third-order valence-corrected chi connectivity index (χ3v) is 3.45. The van der Waals surface area contributed by atoms with Crippen molar-refractivity contribution in [3.8, 4) is 0 Å². The number of hydrogen-bond acceptors (Lipinski definition) is 3. The molecule has 102 valence electrons. The van der Waals surface area contributed by atoms with Gasteiger partial charge in [-0.15, -0.1) is 0 Å². The lowest BCUT2D eigenvalue weighted by Gasteiger charge is -2.15. The van der Waals surface area contributed by atoms with Crippen LogP contribution < -0.4 is 0 Å². The molecular formula is C16H20O3. The maximum absolute atomic E-state index is 9.91. The number of fused-ring (bicyclic) bond motifs is 1. The van der Waals surface area contributed by atoms with Crippen LogP contribution in [0.15, 0.2) is 30.3 Å². The molecule has 2 aromatic rings. The van der Waals surface area contributed by atoms with E-state index in [1.807, 2.05) is 30.3 Å². The molecule has 0 bridgehead atoms. The van der Waals surface area contributed by atoms with E-state index in [2.05, 4.69) is 0 Å². The van der Waals surface area contributed by atoms with Crippen molar-refractivity contribution in [2.24, 2.45) is 0 Å². The van der Waals surface area contributed by atoms with Gasteiger partial charge < -0.3 is 15.3 Å². The maximum atomic E-state index is 9.91. The second kappa shape index (κ2) is 5.29. The van der Waals surface area contributed by atoms with E-state index in [0.29, 0.717) is 0 Å². The predicted molar refractivity (Wildman–Crippen MR) is 75.8 cm³/mol. The second-order valence-electron chi connectivity index (χ2n) is 5.12. The average Bonchev–Trinajstić information content (AvgIpc) is 2.36. The van der Waals surface area contributed by atoms with Gasteiger partial charge in [-0.2, -0.15) is 0 Å². The zero-order valence-electron chi connectivity index (χ0n) is 11.5. The van der Waals surface area contributed by atoms with E-state index in [9.17, 15) is 15.3 Å². The van der Waals surface area contributed by atoms with E-state index >= 15 is 0 Å². The minimum atomic E-state index is -0.620. The van der Waals surface area contributed by atoms with Gasteiger partial charge in [-0.3, -0.25) is 0 Å². The summed E-state index contributed by atoms with van der Waals surface area (Å²) in [6.45, 7) is 5.13. The van der Waals surface area contributed by atoms with Gasteiger partial charge in [0.2, 0.25) is 0 Å². The van der Waals surface area contributed by atoms with Gasteiger partial charge in [0.25, 0.3) is 0 Å². The molecule has 3 heteroatoms. The Labute approximate surface area is 113 Å². The fourth-order valence-electron chi connectivity index (χ4n) is 2.28. The van der Waals surface area contributed by atoms with Gasteiger partial charge in [0.05, 0.1) is 18.3 Å². The summed E-state index contributed by atoms with van der Waals surface area (Å²) in [6.07, 6.45) is -1.73. The van der Waals surface area contributed by atoms with Crippen molar-refractivity contribution in [1.29, 1.82) is 0 Å². The Balaban J connectivity index is 2.72. The van der Waals surface area contributed by atoms with Crippen LogP contribution in [0.25, 0.3) is 10.8 Å². The molecule has 0 aliphatic heterocycles. The molecule has 3 nitrogen and oxygen atoms in total. The first-order valence-electron chi connectivity index (χ1n) is 6.52. The molecule has 0 spiro atoms. The highest BCUT2D eigenvalue weighted by Gasteiger charge is 2.12. The lowest BCUT2D eigenvalue weighted by Crippen LogP contribution is -1.99. The van der Waals surface area contributed by atoms with Gasteiger partial charge in [-0.05, 0) is 60.4 Å². The largest absolute Gasteiger partial charge is 0.389 e. The first-order valence-corrected chi connectivity index (χ1v) is 6.52. The Morgan fingerprint density at radius 3 is 1.89 bits per heavy atom. The standard InChI is InChI=1S/C16H20O3/c1-9(17)12-4-5-13-6-14(10(2)18)8-15(11(3)19)16(13)7-12/h4-11,17-19H,1-3H3. The van der Waals surface area contributed by atoms with Gasteiger partial charge in [0.1, 0.15) is 0 Å². The van der Waals surface area contributed by atoms with Crippen LogP contribution in [-0.4, -0.2) is 15.3 Å². The summed E-state index contributed by atoms with van der Waals surface area (Å²) in [4.78, 5) is 0. The van der Waals surface area contributed by atoms with Gasteiger partial charge in [-0.25, -0.2) is 0 Å². The quantitative estimate of drug-likeness (QED) is 0.795. The zero-order valence-corrected chi connectivity index (χ0v) is 11.5. The number of benzene rings is 2. The number of hydrogen-bond donors (Lipinski definition) is 3. The summed E-state index contributed by atoms with van der Waals surface area (Å²) in [5.74, 6) is 0. The highest BCUT2D eigenvalue weighted by Crippen LogP contribution is 2.30. The van der Waals surface area contributed by atoms with Gasteiger partial charge in [0.15, 0.2) is 0 Å². The Kier molecular flexibility index (Phi) is 3.90. The van der Waals surface area contributed by atoms with Crippen molar-refractivity contribution in [2.75, 3.05) is 0 Å². The van der Waals surface area contributed by atoms with Crippen molar-refractivity contribution in [3.05, 3.63) is 47.0 Å². The Hall–Kier alpha value is -1.42. The van der Waals surface area contributed by atoms with Crippen molar-refractivity contribution < 1.29 is 15.3 Å². The predicted octanol–water partition coefficient (Wildman–Crippen LogP) is 3.00. The smallest absolute Gasteiger partial charge is 0.0768 e. The zero-order chi connectivity index (χ0) is 14.2. The lowest BCUT2D eigenvalue weighted by atomic mass is 9.94. The molecule has 3 N–H and O–H groups in total. The molecule has 3 unspecified atom stereocenters. The minimum absolute atomic E-state index is 0.539. The monoisotopic (exact) mass is 260 g/mol. The molecule has 0 saturated carbocycles. The van der Waals surface area contributed by atoms with Gasteiger partial charge >= 0.3 is 0 Å². The molecule has 2 rings (SSSR count). The van der Waals surface area contributed by atoms with Crippen LogP contribution in [0.2, 0.25) is 0 Å². The van der Waals surface area contributed by atoms with E-state index in [0.717, 1.165) is 27.5 Å². The van der Waals surface area contributed by atoms with Crippen molar-refractivity contribution in [3.63, 3.8) is 0 Å². The van der Waals surface area contributed by atoms with Crippen LogP contribution in [0, 0.1) is 0 Å². The summed E-state index contributed by atoms with van der Waals surface area (Å²) in [5, 5.41) is 31.1. The number of aliphatic hydroxyl groups excluding tert-OH is 3. The topological polar surface area (TPSA) is 60.7 Å². The summed E-state index contributed by atoms with van der Waals surface area (Å²) in [6, 6.07) is 9.41. The molecule has 0 aliphatic rings. The van der Waals surface area contributed by atoms with E-state index in [1.54, 1.807) is 20.8 Å². The summed E-state index contributed by atoms with van der Waals surface area (Å²) in [7, 11) is 0. The minimum Gasteiger partial charge on any atom is -0.389 e. The molecule has 3 atom stereocenters. The van der Waals surface area contributed by atoms with E-state index in [4.69, 9.17) is 0 Å². The number of rotatable bonds is 3. The molecular weight excluding hydrogens is 240 g/mol. The lowest BCUT2D eigenvalue weighted by molar-refractivity contribution is 0.193. The van der Waals surface area contributed by atoms with Crippen LogP contribution in [0.4, 0.5) is 0 Å². The summed E-state index contributed by atoms with van der Waals surface area (Å²) < 4.78 is 0. The normalized spacial score (nSPS) is 16.3. The fraction of sp³-hybridized carbons (Fsp3) is 0.375. The molecule has 0 heterocycles. The third kappa shape index (κ3) is 2.78. The summed E-state index contributed by atoms with van der Waals surface area (Å²) >= 11 is 0. The maximum Gasteiger partial charge on any atom is 0.0768 e. The molecule has 0 amide bonds. The van der Waals surface area contributed by atoms with Crippen molar-refractivity contribution in [2.45, 2.75) is 39.1 Å². The second-order valence-corrected chi connectivity index (χ2v) is 5.12. The Morgan fingerprint density at radius 1 is 0.737 bits per heavy atom. The van der Waals surface area contributed by atoms with Crippen LogP contribution in [0.1, 0.15) is 55.8 Å². The Morgan fingerprint density at radius 2 is 1.37 bits per heavy atom. The van der Waals surface area contributed by atoms with E-state index in [-0.39, 0.29) is 0 Å². The number of aliphatic hydroxyl groups is 3. The van der Waals surface area contributed by atoms with E-state index in [1.165, 1.54) is 0 Å². The van der Waals surface area contributed by atoms with Crippen LogP contribution >= 0.6 is 0 Å². The van der Waals surface area contributed by atoms with Crippen LogP contribution in [0.5, 0.6) is 0 Å². The molecule has 0 saturated heterocycles. The third-order valence-electron chi connectivity index (χ3n) is 3.45. The van der Waals surface area contributed by atoms with Crippen LogP contribution in [0.3, 0.4) is 0 Å². The highest BCUT2D eigenvalue weighted by atomic mass is 16.3. The van der Waals surface area contributed by atoms with Gasteiger partial charge in [-0.1, -0.05) is 18.2 Å². The highest BCUT2D eigenvalue weighted by molar-refractivity contribution is 5.87. The average molecular weight is 260 g/mol. The van der Waals surface area contributed by atoms with Crippen molar-refractivity contribution >= 4 is 10.8 Å². The molecule has 2 aromatic carbocycles. The van der Waals surface area contributed by atoms with Crippen molar-refractivity contribution in [1.82, 2.24) is 0 Å². The van der Waals surface area contributed by atoms with Gasteiger partial charge in [0, 0.05) is 0 Å². The molecule has 0 fully saturated rings. The molecule has 19 heavy (non-hydrogen) atoms. The van der Waals surface area contributed by atoms with E-state index < -0.39 is 18.3 Å². The SMILES string of the molecule is CC(O)c1cc(C(C)O)c2cc(C(C)O)ccc2c1.